The predicted octanol–water partition coefficient (Wildman–Crippen LogP) is 4.03. The minimum atomic E-state index is 0.147. The van der Waals surface area contributed by atoms with Gasteiger partial charge in [-0.3, -0.25) is 0 Å². The molecule has 0 aliphatic heterocycles. The maximum Gasteiger partial charge on any atom is 0.235 e. The van der Waals surface area contributed by atoms with Crippen LogP contribution in [0.3, 0.4) is 0 Å². The molecule has 0 spiro atoms. The summed E-state index contributed by atoms with van der Waals surface area (Å²) in [4.78, 5) is 14.3. The fraction of sp³-hybridized carbons (Fsp3) is 0.400. The van der Waals surface area contributed by atoms with E-state index < -0.39 is 0 Å². The van der Waals surface area contributed by atoms with Crippen LogP contribution in [-0.4, -0.2) is 21.1 Å². The van der Waals surface area contributed by atoms with E-state index in [1.54, 1.807) is 17.7 Å². The van der Waals surface area contributed by atoms with Gasteiger partial charge in [0, 0.05) is 11.1 Å². The number of hydrogen-bond acceptors (Lipinski definition) is 5. The second kappa shape index (κ2) is 4.98. The summed E-state index contributed by atoms with van der Waals surface area (Å²) in [5.41, 5.74) is 3.18. The van der Waals surface area contributed by atoms with E-state index in [0.717, 1.165) is 32.5 Å². The molecule has 20 heavy (non-hydrogen) atoms. The van der Waals surface area contributed by atoms with E-state index >= 15 is 0 Å². The molecule has 3 aromatic heterocycles. The SMILES string of the molecule is CCC(C)Oc1ncnc2c1sc1nc(C)cc(C)c12. The van der Waals surface area contributed by atoms with Gasteiger partial charge in [-0.25, -0.2) is 15.0 Å². The van der Waals surface area contributed by atoms with Crippen molar-refractivity contribution in [3.8, 4) is 5.88 Å². The van der Waals surface area contributed by atoms with E-state index in [4.69, 9.17) is 4.74 Å². The third-order valence-corrected chi connectivity index (χ3v) is 4.47. The number of aromatic nitrogens is 3. The van der Waals surface area contributed by atoms with Gasteiger partial charge in [0.05, 0.1) is 11.6 Å². The summed E-state index contributed by atoms with van der Waals surface area (Å²) in [6, 6.07) is 2.09. The number of rotatable bonds is 3. The van der Waals surface area contributed by atoms with Crippen molar-refractivity contribution in [1.82, 2.24) is 15.0 Å². The molecule has 0 N–H and O–H groups in total. The highest BCUT2D eigenvalue weighted by molar-refractivity contribution is 7.25. The van der Waals surface area contributed by atoms with Gasteiger partial charge in [-0.15, -0.1) is 11.3 Å². The van der Waals surface area contributed by atoms with Gasteiger partial charge in [-0.2, -0.15) is 0 Å². The van der Waals surface area contributed by atoms with Gasteiger partial charge in [-0.05, 0) is 38.8 Å². The summed E-state index contributed by atoms with van der Waals surface area (Å²) in [5, 5.41) is 1.12. The lowest BCUT2D eigenvalue weighted by molar-refractivity contribution is 0.212. The van der Waals surface area contributed by atoms with Crippen LogP contribution in [0.4, 0.5) is 0 Å². The Hall–Kier alpha value is -1.75. The van der Waals surface area contributed by atoms with E-state index in [2.05, 4.69) is 41.8 Å². The fourth-order valence-electron chi connectivity index (χ4n) is 2.25. The predicted molar refractivity (Wildman–Crippen MR) is 82.6 cm³/mol. The Morgan fingerprint density at radius 3 is 2.85 bits per heavy atom. The first-order valence-electron chi connectivity index (χ1n) is 6.78. The van der Waals surface area contributed by atoms with Crippen molar-refractivity contribution in [3.63, 3.8) is 0 Å². The molecule has 3 aromatic rings. The highest BCUT2D eigenvalue weighted by Crippen LogP contribution is 2.37. The smallest absolute Gasteiger partial charge is 0.235 e. The van der Waals surface area contributed by atoms with Crippen LogP contribution in [0.1, 0.15) is 31.5 Å². The summed E-state index contributed by atoms with van der Waals surface area (Å²) < 4.78 is 6.90. The molecule has 0 amide bonds. The van der Waals surface area contributed by atoms with Gasteiger partial charge >= 0.3 is 0 Å². The van der Waals surface area contributed by atoms with Crippen molar-refractivity contribution in [2.24, 2.45) is 0 Å². The molecule has 0 bridgehead atoms. The van der Waals surface area contributed by atoms with Crippen LogP contribution in [0.15, 0.2) is 12.4 Å². The molecule has 0 saturated heterocycles. The van der Waals surface area contributed by atoms with Crippen LogP contribution in [0.25, 0.3) is 20.4 Å². The Morgan fingerprint density at radius 2 is 2.10 bits per heavy atom. The zero-order valence-electron chi connectivity index (χ0n) is 12.1. The summed E-state index contributed by atoms with van der Waals surface area (Å²) in [7, 11) is 0. The number of aryl methyl sites for hydroxylation is 2. The first-order valence-corrected chi connectivity index (χ1v) is 7.60. The lowest BCUT2D eigenvalue weighted by atomic mass is 10.1. The second-order valence-electron chi connectivity index (χ2n) is 5.06. The minimum Gasteiger partial charge on any atom is -0.474 e. The Balaban J connectivity index is 2.27. The van der Waals surface area contributed by atoms with Crippen molar-refractivity contribution < 1.29 is 4.74 Å². The maximum absolute atomic E-state index is 5.91. The number of nitrogens with zero attached hydrogens (tertiary/aromatic N) is 3. The number of pyridine rings is 1. The molecule has 1 atom stereocenters. The summed E-state index contributed by atoms with van der Waals surface area (Å²) in [6.45, 7) is 8.26. The van der Waals surface area contributed by atoms with E-state index in [1.807, 2.05) is 6.92 Å². The van der Waals surface area contributed by atoms with E-state index in [0.29, 0.717) is 5.88 Å². The molecular weight excluding hydrogens is 270 g/mol. The van der Waals surface area contributed by atoms with Crippen molar-refractivity contribution in [1.29, 1.82) is 0 Å². The van der Waals surface area contributed by atoms with Crippen LogP contribution >= 0.6 is 11.3 Å². The van der Waals surface area contributed by atoms with Gasteiger partial charge in [-0.1, -0.05) is 6.92 Å². The van der Waals surface area contributed by atoms with Crippen LogP contribution < -0.4 is 4.74 Å². The van der Waals surface area contributed by atoms with E-state index in [1.165, 1.54) is 5.56 Å². The third kappa shape index (κ3) is 2.12. The van der Waals surface area contributed by atoms with Gasteiger partial charge < -0.3 is 4.74 Å². The van der Waals surface area contributed by atoms with Crippen LogP contribution in [0.2, 0.25) is 0 Å². The average molecular weight is 287 g/mol. The van der Waals surface area contributed by atoms with Gasteiger partial charge in [0.15, 0.2) is 0 Å². The van der Waals surface area contributed by atoms with Crippen molar-refractivity contribution in [2.45, 2.75) is 40.2 Å². The Morgan fingerprint density at radius 1 is 1.30 bits per heavy atom. The highest BCUT2D eigenvalue weighted by Gasteiger charge is 2.16. The van der Waals surface area contributed by atoms with Crippen molar-refractivity contribution in [3.05, 3.63) is 23.7 Å². The Bertz CT molecular complexity index is 781. The lowest BCUT2D eigenvalue weighted by Crippen LogP contribution is -2.10. The summed E-state index contributed by atoms with van der Waals surface area (Å²) in [6.07, 6.45) is 2.67. The topological polar surface area (TPSA) is 47.9 Å². The molecule has 4 nitrogen and oxygen atoms in total. The number of fused-ring (bicyclic) bond motifs is 3. The minimum absolute atomic E-state index is 0.147. The normalized spacial score (nSPS) is 13.0. The molecule has 0 aromatic carbocycles. The molecule has 0 fully saturated rings. The van der Waals surface area contributed by atoms with Crippen LogP contribution in [0.5, 0.6) is 5.88 Å². The standard InChI is InChI=1S/C15H17N3OS/c1-5-10(4)19-14-13-12(16-7-17-14)11-8(2)6-9(3)18-15(11)20-13/h6-7,10H,5H2,1-4H3. The maximum atomic E-state index is 5.91. The highest BCUT2D eigenvalue weighted by atomic mass is 32.1. The average Bonchev–Trinajstić information content (AvgIpc) is 2.77. The molecule has 5 heteroatoms. The molecule has 0 aliphatic carbocycles. The van der Waals surface area contributed by atoms with Crippen molar-refractivity contribution >= 4 is 31.8 Å². The molecule has 1 unspecified atom stereocenters. The zero-order valence-corrected chi connectivity index (χ0v) is 12.9. The van der Waals surface area contributed by atoms with Gasteiger partial charge in [0.1, 0.15) is 15.9 Å². The number of ether oxygens (including phenoxy) is 1. The Labute approximate surface area is 121 Å². The van der Waals surface area contributed by atoms with Gasteiger partial charge in [0.2, 0.25) is 5.88 Å². The van der Waals surface area contributed by atoms with E-state index in [9.17, 15) is 0 Å². The Kier molecular flexibility index (Phi) is 3.30. The number of hydrogen-bond donors (Lipinski definition) is 0. The van der Waals surface area contributed by atoms with Crippen molar-refractivity contribution in [2.75, 3.05) is 0 Å². The molecule has 0 radical (unpaired) electrons. The first-order chi connectivity index (χ1) is 9.60. The third-order valence-electron chi connectivity index (χ3n) is 3.41. The largest absolute Gasteiger partial charge is 0.474 e. The fourth-order valence-corrected chi connectivity index (χ4v) is 3.43. The molecule has 104 valence electrons. The lowest BCUT2D eigenvalue weighted by Gasteiger charge is -2.11. The zero-order chi connectivity index (χ0) is 14.3. The first kappa shape index (κ1) is 13.2. The second-order valence-corrected chi connectivity index (χ2v) is 6.06. The molecule has 0 saturated carbocycles. The quantitative estimate of drug-likeness (QED) is 0.729. The molecule has 0 aliphatic rings. The van der Waals surface area contributed by atoms with Crippen LogP contribution in [-0.2, 0) is 0 Å². The molecular formula is C15H17N3OS. The number of thiophene rings is 1. The summed E-state index contributed by atoms with van der Waals surface area (Å²) in [5.74, 6) is 0.671. The van der Waals surface area contributed by atoms with Crippen LogP contribution in [0, 0.1) is 13.8 Å². The monoisotopic (exact) mass is 287 g/mol. The molecule has 3 rings (SSSR count). The van der Waals surface area contributed by atoms with E-state index in [-0.39, 0.29) is 6.10 Å². The summed E-state index contributed by atoms with van der Waals surface area (Å²) >= 11 is 1.61. The van der Waals surface area contributed by atoms with Gasteiger partial charge in [0.25, 0.3) is 0 Å². The molecule has 3 heterocycles.